The van der Waals surface area contributed by atoms with Crippen molar-refractivity contribution in [2.45, 2.75) is 26.3 Å². The molecule has 0 atom stereocenters. The second-order valence-electron chi connectivity index (χ2n) is 4.81. The van der Waals surface area contributed by atoms with Crippen LogP contribution in [-0.4, -0.2) is 39.3 Å². The van der Waals surface area contributed by atoms with E-state index < -0.39 is 0 Å². The van der Waals surface area contributed by atoms with Crippen LogP contribution < -0.4 is 15.4 Å². The average Bonchev–Trinajstić information content (AvgIpc) is 2.51. The first-order valence-corrected chi connectivity index (χ1v) is 7.44. The van der Waals surface area contributed by atoms with Gasteiger partial charge in [-0.05, 0) is 24.1 Å². The summed E-state index contributed by atoms with van der Waals surface area (Å²) in [6, 6.07) is 7.74. The molecule has 0 unspecified atom stereocenters. The van der Waals surface area contributed by atoms with E-state index >= 15 is 0 Å². The largest absolute Gasteiger partial charge is 0.484 e. The van der Waals surface area contributed by atoms with Gasteiger partial charge in [-0.15, -0.1) is 0 Å². The van der Waals surface area contributed by atoms with Crippen molar-refractivity contribution in [2.75, 3.05) is 33.4 Å². The number of amides is 1. The summed E-state index contributed by atoms with van der Waals surface area (Å²) in [5.74, 6) is 0.634. The van der Waals surface area contributed by atoms with E-state index in [1.807, 2.05) is 24.3 Å². The van der Waals surface area contributed by atoms with Gasteiger partial charge in [0.2, 0.25) is 0 Å². The van der Waals surface area contributed by atoms with Crippen LogP contribution in [0, 0.1) is 0 Å². The van der Waals surface area contributed by atoms with Gasteiger partial charge >= 0.3 is 0 Å². The monoisotopic (exact) mass is 294 g/mol. The first-order valence-electron chi connectivity index (χ1n) is 7.44. The van der Waals surface area contributed by atoms with Crippen molar-refractivity contribution in [1.29, 1.82) is 0 Å². The van der Waals surface area contributed by atoms with Crippen LogP contribution in [0.15, 0.2) is 24.3 Å². The zero-order chi connectivity index (χ0) is 15.3. The zero-order valence-corrected chi connectivity index (χ0v) is 13.0. The molecule has 0 aliphatic rings. The highest BCUT2D eigenvalue weighted by Crippen LogP contribution is 2.11. The molecule has 0 saturated carbocycles. The summed E-state index contributed by atoms with van der Waals surface area (Å²) >= 11 is 0. The van der Waals surface area contributed by atoms with Gasteiger partial charge in [-0.2, -0.15) is 0 Å². The SMILES string of the molecule is CCCCNC(=O)COc1ccc(CNCCOC)cc1. The van der Waals surface area contributed by atoms with Gasteiger partial charge in [0.1, 0.15) is 5.75 Å². The Kier molecular flexibility index (Phi) is 9.24. The molecule has 5 nitrogen and oxygen atoms in total. The van der Waals surface area contributed by atoms with E-state index in [0.717, 1.165) is 25.9 Å². The quantitative estimate of drug-likeness (QED) is 0.610. The molecule has 2 N–H and O–H groups in total. The molecule has 0 aliphatic carbocycles. The van der Waals surface area contributed by atoms with Crippen LogP contribution in [0.1, 0.15) is 25.3 Å². The Balaban J connectivity index is 2.22. The number of hydrogen-bond acceptors (Lipinski definition) is 4. The fourth-order valence-electron chi connectivity index (χ4n) is 1.71. The first kappa shape index (κ1) is 17.5. The fourth-order valence-corrected chi connectivity index (χ4v) is 1.71. The van der Waals surface area contributed by atoms with Crippen molar-refractivity contribution < 1.29 is 14.3 Å². The Morgan fingerprint density at radius 3 is 2.62 bits per heavy atom. The van der Waals surface area contributed by atoms with E-state index in [2.05, 4.69) is 17.6 Å². The lowest BCUT2D eigenvalue weighted by atomic mass is 10.2. The topological polar surface area (TPSA) is 59.6 Å². The Hall–Kier alpha value is -1.59. The van der Waals surface area contributed by atoms with Gasteiger partial charge in [0.05, 0.1) is 6.61 Å². The molecule has 21 heavy (non-hydrogen) atoms. The van der Waals surface area contributed by atoms with E-state index in [0.29, 0.717) is 18.9 Å². The van der Waals surface area contributed by atoms with Crippen LogP contribution in [0.3, 0.4) is 0 Å². The van der Waals surface area contributed by atoms with E-state index in [-0.39, 0.29) is 12.5 Å². The van der Waals surface area contributed by atoms with Crippen molar-refractivity contribution in [1.82, 2.24) is 10.6 Å². The maximum Gasteiger partial charge on any atom is 0.257 e. The maximum atomic E-state index is 11.5. The Bertz CT molecular complexity index is 393. The normalized spacial score (nSPS) is 10.4. The summed E-state index contributed by atoms with van der Waals surface area (Å²) in [7, 11) is 1.69. The summed E-state index contributed by atoms with van der Waals surface area (Å²) < 4.78 is 10.4. The van der Waals surface area contributed by atoms with E-state index in [9.17, 15) is 4.79 Å². The Morgan fingerprint density at radius 1 is 1.19 bits per heavy atom. The van der Waals surface area contributed by atoms with Gasteiger partial charge in [0.15, 0.2) is 6.61 Å². The lowest BCUT2D eigenvalue weighted by molar-refractivity contribution is -0.123. The van der Waals surface area contributed by atoms with Gasteiger partial charge in [-0.25, -0.2) is 0 Å². The summed E-state index contributed by atoms with van der Waals surface area (Å²) in [5, 5.41) is 6.09. The van der Waals surface area contributed by atoms with Gasteiger partial charge in [0.25, 0.3) is 5.91 Å². The number of carbonyl (C=O) groups excluding carboxylic acids is 1. The van der Waals surface area contributed by atoms with Gasteiger partial charge in [-0.1, -0.05) is 25.5 Å². The number of nitrogens with one attached hydrogen (secondary N) is 2. The molecule has 5 heteroatoms. The molecule has 0 aromatic heterocycles. The van der Waals surface area contributed by atoms with Crippen LogP contribution in [0.5, 0.6) is 5.75 Å². The minimum absolute atomic E-state index is 0.0646. The van der Waals surface area contributed by atoms with Crippen molar-refractivity contribution in [3.63, 3.8) is 0 Å². The van der Waals surface area contributed by atoms with E-state index in [1.54, 1.807) is 7.11 Å². The molecule has 0 heterocycles. The van der Waals surface area contributed by atoms with Crippen molar-refractivity contribution in [2.24, 2.45) is 0 Å². The molecule has 0 radical (unpaired) electrons. The number of carbonyl (C=O) groups is 1. The number of hydrogen-bond donors (Lipinski definition) is 2. The van der Waals surface area contributed by atoms with Gasteiger partial charge in [-0.3, -0.25) is 4.79 Å². The standard InChI is InChI=1S/C16H26N2O3/c1-3-4-9-18-16(19)13-21-15-7-5-14(6-8-15)12-17-10-11-20-2/h5-8,17H,3-4,9-13H2,1-2H3,(H,18,19). The van der Waals surface area contributed by atoms with E-state index in [1.165, 1.54) is 5.56 Å². The lowest BCUT2D eigenvalue weighted by Gasteiger charge is -2.08. The van der Waals surface area contributed by atoms with Crippen LogP contribution in [-0.2, 0) is 16.1 Å². The third-order valence-electron chi connectivity index (χ3n) is 2.96. The molecule has 118 valence electrons. The number of benzene rings is 1. The molecular formula is C16H26N2O3. The van der Waals surface area contributed by atoms with Crippen LogP contribution in [0.4, 0.5) is 0 Å². The number of unbranched alkanes of at least 4 members (excludes halogenated alkanes) is 1. The number of rotatable bonds is 11. The van der Waals surface area contributed by atoms with Crippen molar-refractivity contribution in [3.05, 3.63) is 29.8 Å². The van der Waals surface area contributed by atoms with Crippen LogP contribution in [0.2, 0.25) is 0 Å². The minimum atomic E-state index is -0.0752. The number of methoxy groups -OCH3 is 1. The summed E-state index contributed by atoms with van der Waals surface area (Å²) in [4.78, 5) is 11.5. The van der Waals surface area contributed by atoms with Gasteiger partial charge in [0, 0.05) is 26.7 Å². The molecule has 1 rings (SSSR count). The maximum absolute atomic E-state index is 11.5. The van der Waals surface area contributed by atoms with Crippen molar-refractivity contribution >= 4 is 5.91 Å². The molecule has 0 spiro atoms. The highest BCUT2D eigenvalue weighted by molar-refractivity contribution is 5.77. The minimum Gasteiger partial charge on any atom is -0.484 e. The molecule has 0 aliphatic heterocycles. The van der Waals surface area contributed by atoms with Crippen LogP contribution in [0.25, 0.3) is 0 Å². The smallest absolute Gasteiger partial charge is 0.257 e. The molecule has 0 fully saturated rings. The molecule has 0 bridgehead atoms. The predicted molar refractivity (Wildman–Crippen MR) is 83.4 cm³/mol. The Labute approximate surface area is 127 Å². The summed E-state index contributed by atoms with van der Waals surface area (Å²) in [5.41, 5.74) is 1.17. The number of ether oxygens (including phenoxy) is 2. The fraction of sp³-hybridized carbons (Fsp3) is 0.562. The summed E-state index contributed by atoms with van der Waals surface area (Å²) in [6.45, 7) is 5.19. The third-order valence-corrected chi connectivity index (χ3v) is 2.96. The third kappa shape index (κ3) is 8.32. The molecule has 1 aromatic carbocycles. The molecule has 1 aromatic rings. The Morgan fingerprint density at radius 2 is 1.95 bits per heavy atom. The van der Waals surface area contributed by atoms with Crippen LogP contribution >= 0.6 is 0 Å². The average molecular weight is 294 g/mol. The van der Waals surface area contributed by atoms with Crippen molar-refractivity contribution in [3.8, 4) is 5.75 Å². The molecule has 0 saturated heterocycles. The molecule has 1 amide bonds. The van der Waals surface area contributed by atoms with Gasteiger partial charge < -0.3 is 20.1 Å². The first-order chi connectivity index (χ1) is 10.3. The second kappa shape index (κ2) is 11.1. The zero-order valence-electron chi connectivity index (χ0n) is 13.0. The molecular weight excluding hydrogens is 268 g/mol. The lowest BCUT2D eigenvalue weighted by Crippen LogP contribution is -2.29. The predicted octanol–water partition coefficient (Wildman–Crippen LogP) is 1.72. The highest BCUT2D eigenvalue weighted by atomic mass is 16.5. The second-order valence-corrected chi connectivity index (χ2v) is 4.81. The van der Waals surface area contributed by atoms with E-state index in [4.69, 9.17) is 9.47 Å². The highest BCUT2D eigenvalue weighted by Gasteiger charge is 2.02. The summed E-state index contributed by atoms with van der Waals surface area (Å²) in [6.07, 6.45) is 2.07.